The molecule has 0 radical (unpaired) electrons. The summed E-state index contributed by atoms with van der Waals surface area (Å²) < 4.78 is 1.02. The highest BCUT2D eigenvalue weighted by Gasteiger charge is 2.44. The molecule has 2 heterocycles. The van der Waals surface area contributed by atoms with Crippen molar-refractivity contribution in [2.45, 2.75) is 23.3 Å². The fourth-order valence-corrected chi connectivity index (χ4v) is 5.21. The number of nitrogens with one attached hydrogen (secondary N) is 1. The summed E-state index contributed by atoms with van der Waals surface area (Å²) in [7, 11) is 2.03. The van der Waals surface area contributed by atoms with Crippen molar-refractivity contribution in [1.29, 1.82) is 0 Å². The van der Waals surface area contributed by atoms with Crippen molar-refractivity contribution in [1.82, 2.24) is 4.90 Å². The number of alkyl halides is 1. The molecule has 0 amide bonds. The largest absolute Gasteiger partial charge is 0.481 e. The Morgan fingerprint density at radius 2 is 2.23 bits per heavy atom. The molecular weight excluding hydrogens is 412 g/mol. The van der Waals surface area contributed by atoms with Crippen LogP contribution >= 0.6 is 31.9 Å². The zero-order chi connectivity index (χ0) is 15.6. The highest BCUT2D eigenvalue weighted by Crippen LogP contribution is 2.52. The molecule has 0 saturated carbocycles. The van der Waals surface area contributed by atoms with Crippen LogP contribution in [0.5, 0.6) is 0 Å². The molecule has 3 aliphatic rings. The van der Waals surface area contributed by atoms with Gasteiger partial charge < -0.3 is 10.4 Å². The first-order valence-corrected chi connectivity index (χ1v) is 9.05. The lowest BCUT2D eigenvalue weighted by molar-refractivity contribution is -0.140. The van der Waals surface area contributed by atoms with Gasteiger partial charge in [-0.2, -0.15) is 0 Å². The van der Waals surface area contributed by atoms with Crippen LogP contribution in [0.1, 0.15) is 23.5 Å². The van der Waals surface area contributed by atoms with Crippen LogP contribution in [-0.4, -0.2) is 40.6 Å². The van der Waals surface area contributed by atoms with E-state index in [-0.39, 0.29) is 11.0 Å². The quantitative estimate of drug-likeness (QED) is 0.532. The molecule has 0 aromatic heterocycles. The second kappa shape index (κ2) is 5.08. The van der Waals surface area contributed by atoms with Crippen LogP contribution in [0.4, 0.5) is 5.69 Å². The summed E-state index contributed by atoms with van der Waals surface area (Å²) in [5.41, 5.74) is 4.83. The van der Waals surface area contributed by atoms with E-state index in [2.05, 4.69) is 54.2 Å². The SMILES string of the molecule is CN1C[C@H](C(=O)O)C=C2c3cc(Br)cc4c3C(C[C@H]21)C(Br)N4. The van der Waals surface area contributed by atoms with Gasteiger partial charge in [0.15, 0.2) is 0 Å². The first kappa shape index (κ1) is 14.7. The van der Waals surface area contributed by atoms with Gasteiger partial charge in [0.2, 0.25) is 0 Å². The lowest BCUT2D eigenvalue weighted by Crippen LogP contribution is -2.45. The molecule has 0 bridgehead atoms. The van der Waals surface area contributed by atoms with Gasteiger partial charge in [0, 0.05) is 28.7 Å². The molecule has 0 spiro atoms. The number of benzene rings is 1. The molecule has 2 unspecified atom stereocenters. The van der Waals surface area contributed by atoms with Crippen molar-refractivity contribution in [3.05, 3.63) is 33.8 Å². The average molecular weight is 428 g/mol. The fourth-order valence-electron chi connectivity index (χ4n) is 4.03. The van der Waals surface area contributed by atoms with E-state index < -0.39 is 11.9 Å². The number of hydrogen-bond donors (Lipinski definition) is 2. The van der Waals surface area contributed by atoms with Gasteiger partial charge in [-0.25, -0.2) is 0 Å². The lowest BCUT2D eigenvalue weighted by Gasteiger charge is -2.42. The summed E-state index contributed by atoms with van der Waals surface area (Å²) in [6, 6.07) is 4.53. The van der Waals surface area contributed by atoms with Gasteiger partial charge in [0.05, 0.1) is 10.9 Å². The average Bonchev–Trinajstić information content (AvgIpc) is 2.76. The van der Waals surface area contributed by atoms with Gasteiger partial charge in [-0.3, -0.25) is 9.69 Å². The maximum absolute atomic E-state index is 11.4. The monoisotopic (exact) mass is 426 g/mol. The standard InChI is InChI=1S/C16H16Br2N2O2/c1-20-6-7(16(21)22)2-9-10-3-8(17)4-12-14(10)11(5-13(9)20)15(18)19-12/h2-4,7,11,13,15,19H,5-6H2,1H3,(H,21,22)/t7-,11?,13-,15?/m1/s1. The van der Waals surface area contributed by atoms with Crippen LogP contribution < -0.4 is 5.32 Å². The summed E-state index contributed by atoms with van der Waals surface area (Å²) >= 11 is 7.34. The van der Waals surface area contributed by atoms with Crippen LogP contribution in [0.15, 0.2) is 22.7 Å². The van der Waals surface area contributed by atoms with Crippen molar-refractivity contribution in [2.24, 2.45) is 5.92 Å². The molecule has 22 heavy (non-hydrogen) atoms. The van der Waals surface area contributed by atoms with E-state index in [4.69, 9.17) is 0 Å². The molecule has 4 nitrogen and oxygen atoms in total. The van der Waals surface area contributed by atoms with Crippen LogP contribution in [-0.2, 0) is 4.79 Å². The minimum Gasteiger partial charge on any atom is -0.481 e. The van der Waals surface area contributed by atoms with Crippen LogP contribution in [0, 0.1) is 5.92 Å². The van der Waals surface area contributed by atoms with Gasteiger partial charge in [-0.1, -0.05) is 37.9 Å². The number of likely N-dealkylation sites (N-methyl/N-ethyl adjacent to an activating group) is 1. The number of carboxylic acids is 1. The second-order valence-electron chi connectivity index (χ2n) is 6.32. The molecule has 2 aliphatic heterocycles. The normalized spacial score (nSPS) is 32.8. The molecule has 4 atom stereocenters. The summed E-state index contributed by atoms with van der Waals surface area (Å²) in [6.45, 7) is 0.576. The third kappa shape index (κ3) is 2.07. The number of fused-ring (bicyclic) bond motifs is 2. The lowest BCUT2D eigenvalue weighted by atomic mass is 9.74. The van der Waals surface area contributed by atoms with E-state index in [1.54, 1.807) is 0 Å². The van der Waals surface area contributed by atoms with E-state index in [1.165, 1.54) is 16.7 Å². The predicted octanol–water partition coefficient (Wildman–Crippen LogP) is 3.48. The van der Waals surface area contributed by atoms with Crippen LogP contribution in [0.25, 0.3) is 5.57 Å². The van der Waals surface area contributed by atoms with Gasteiger partial charge in [-0.15, -0.1) is 0 Å². The Hall–Kier alpha value is -0.850. The van der Waals surface area contributed by atoms with Crippen molar-refractivity contribution in [3.8, 4) is 0 Å². The minimum atomic E-state index is -0.747. The number of hydrogen-bond acceptors (Lipinski definition) is 3. The Labute approximate surface area is 145 Å². The molecule has 1 aromatic carbocycles. The van der Waals surface area contributed by atoms with E-state index in [0.29, 0.717) is 12.5 Å². The molecule has 2 N–H and O–H groups in total. The van der Waals surface area contributed by atoms with Crippen molar-refractivity contribution in [2.75, 3.05) is 18.9 Å². The van der Waals surface area contributed by atoms with E-state index in [1.807, 2.05) is 13.1 Å². The summed E-state index contributed by atoms with van der Waals surface area (Å²) in [5, 5.41) is 12.9. The number of nitrogens with zero attached hydrogens (tertiary/aromatic N) is 1. The van der Waals surface area contributed by atoms with Crippen molar-refractivity contribution < 1.29 is 9.90 Å². The molecule has 1 aliphatic carbocycles. The summed E-state index contributed by atoms with van der Waals surface area (Å²) in [6.07, 6.45) is 2.98. The van der Waals surface area contributed by atoms with Gasteiger partial charge in [-0.05, 0) is 42.3 Å². The molecular formula is C16H16Br2N2O2. The Bertz CT molecular complexity index is 704. The van der Waals surface area contributed by atoms with E-state index in [9.17, 15) is 9.90 Å². The zero-order valence-corrected chi connectivity index (χ0v) is 15.2. The minimum absolute atomic E-state index is 0.239. The Morgan fingerprint density at radius 3 is 2.95 bits per heavy atom. The smallest absolute Gasteiger partial charge is 0.311 e. The molecule has 1 aromatic rings. The zero-order valence-electron chi connectivity index (χ0n) is 12.0. The number of halogens is 2. The van der Waals surface area contributed by atoms with E-state index in [0.717, 1.165) is 16.6 Å². The van der Waals surface area contributed by atoms with Gasteiger partial charge >= 0.3 is 5.97 Å². The van der Waals surface area contributed by atoms with E-state index >= 15 is 0 Å². The number of carboxylic acid groups (broad SMARTS) is 1. The Morgan fingerprint density at radius 1 is 1.45 bits per heavy atom. The van der Waals surface area contributed by atoms with Gasteiger partial charge in [0.25, 0.3) is 0 Å². The molecule has 116 valence electrons. The second-order valence-corrected chi connectivity index (χ2v) is 8.23. The maximum atomic E-state index is 11.4. The maximum Gasteiger partial charge on any atom is 0.311 e. The molecule has 6 heteroatoms. The van der Waals surface area contributed by atoms with Gasteiger partial charge in [0.1, 0.15) is 0 Å². The highest BCUT2D eigenvalue weighted by molar-refractivity contribution is 9.10. The Balaban J connectivity index is 1.92. The third-order valence-corrected chi connectivity index (χ3v) is 6.35. The number of carbonyl (C=O) groups is 1. The van der Waals surface area contributed by atoms with Crippen molar-refractivity contribution >= 4 is 49.1 Å². The number of rotatable bonds is 1. The predicted molar refractivity (Wildman–Crippen MR) is 93.4 cm³/mol. The molecule has 4 rings (SSSR count). The topological polar surface area (TPSA) is 52.6 Å². The molecule has 0 fully saturated rings. The highest BCUT2D eigenvalue weighted by atomic mass is 79.9. The third-order valence-electron chi connectivity index (χ3n) is 5.02. The van der Waals surface area contributed by atoms with Crippen LogP contribution in [0.2, 0.25) is 0 Å². The van der Waals surface area contributed by atoms with Crippen molar-refractivity contribution in [3.63, 3.8) is 0 Å². The Kier molecular flexibility index (Phi) is 3.40. The first-order valence-electron chi connectivity index (χ1n) is 7.35. The summed E-state index contributed by atoms with van der Waals surface area (Å²) in [5.74, 6) is -0.760. The number of aliphatic carboxylic acids is 1. The summed E-state index contributed by atoms with van der Waals surface area (Å²) in [4.78, 5) is 13.9. The van der Waals surface area contributed by atoms with Crippen LogP contribution in [0.3, 0.4) is 0 Å². The first-order chi connectivity index (χ1) is 10.5. The number of anilines is 1. The molecule has 0 saturated heterocycles. The fraction of sp³-hybridized carbons (Fsp3) is 0.438.